The van der Waals surface area contributed by atoms with E-state index in [-0.39, 0.29) is 17.9 Å². The predicted octanol–water partition coefficient (Wildman–Crippen LogP) is 5.17. The second-order valence-corrected chi connectivity index (χ2v) is 9.63. The van der Waals surface area contributed by atoms with Crippen LogP contribution >= 0.6 is 11.6 Å². The molecule has 2 heterocycles. The maximum Gasteiger partial charge on any atom is 0.228 e. The van der Waals surface area contributed by atoms with E-state index in [1.54, 1.807) is 18.3 Å². The summed E-state index contributed by atoms with van der Waals surface area (Å²) in [6, 6.07) is 15.0. The number of anilines is 1. The van der Waals surface area contributed by atoms with Gasteiger partial charge in [-0.1, -0.05) is 23.7 Å². The summed E-state index contributed by atoms with van der Waals surface area (Å²) < 4.78 is 8.16. The summed E-state index contributed by atoms with van der Waals surface area (Å²) in [7, 11) is 1.90. The van der Waals surface area contributed by atoms with Crippen LogP contribution in [-0.2, 0) is 18.3 Å². The second kappa shape index (κ2) is 9.98. The van der Waals surface area contributed by atoms with Crippen molar-refractivity contribution in [2.75, 3.05) is 25.0 Å². The van der Waals surface area contributed by atoms with Crippen LogP contribution < -0.4 is 10.1 Å². The number of halogens is 1. The third-order valence-corrected chi connectivity index (χ3v) is 6.43. The van der Waals surface area contributed by atoms with Gasteiger partial charge >= 0.3 is 0 Å². The topological polar surface area (TPSA) is 59.4 Å². The smallest absolute Gasteiger partial charge is 0.228 e. The molecule has 6 nitrogen and oxygen atoms in total. The van der Waals surface area contributed by atoms with E-state index in [1.165, 1.54) is 12.8 Å². The van der Waals surface area contributed by atoms with Crippen LogP contribution in [0, 0.1) is 0 Å². The summed E-state index contributed by atoms with van der Waals surface area (Å²) >= 11 is 5.94. The number of ether oxygens (including phenoxy) is 1. The van der Waals surface area contributed by atoms with Crippen molar-refractivity contribution in [2.24, 2.45) is 7.05 Å². The maximum absolute atomic E-state index is 12.6. The first-order chi connectivity index (χ1) is 15.8. The van der Waals surface area contributed by atoms with Crippen molar-refractivity contribution < 1.29 is 9.53 Å². The van der Waals surface area contributed by atoms with Crippen molar-refractivity contribution in [1.82, 2.24) is 14.7 Å². The van der Waals surface area contributed by atoms with E-state index in [1.807, 2.05) is 48.1 Å². The van der Waals surface area contributed by atoms with Crippen LogP contribution in [0.4, 0.5) is 5.69 Å². The number of hydrogen-bond acceptors (Lipinski definition) is 4. The fourth-order valence-electron chi connectivity index (χ4n) is 4.23. The zero-order chi connectivity index (χ0) is 23.4. The normalized spacial score (nSPS) is 14.4. The first-order valence-electron chi connectivity index (χ1n) is 11.4. The van der Waals surface area contributed by atoms with E-state index in [9.17, 15) is 4.79 Å². The van der Waals surface area contributed by atoms with E-state index in [0.29, 0.717) is 11.6 Å². The van der Waals surface area contributed by atoms with Crippen molar-refractivity contribution in [3.05, 3.63) is 65.3 Å². The number of nitrogens with zero attached hydrogens (tertiary/aromatic N) is 3. The summed E-state index contributed by atoms with van der Waals surface area (Å²) in [5, 5.41) is 7.98. The zero-order valence-electron chi connectivity index (χ0n) is 19.5. The molecule has 0 atom stereocenters. The fraction of sp³-hybridized carbons (Fsp3) is 0.385. The highest BCUT2D eigenvalue weighted by Crippen LogP contribution is 2.34. The molecule has 1 fully saturated rings. The molecule has 1 aliphatic rings. The van der Waals surface area contributed by atoms with E-state index in [2.05, 4.69) is 29.2 Å². The Morgan fingerprint density at radius 1 is 1.12 bits per heavy atom. The average molecular weight is 467 g/mol. The van der Waals surface area contributed by atoms with Gasteiger partial charge in [0, 0.05) is 35.1 Å². The summed E-state index contributed by atoms with van der Waals surface area (Å²) in [6.07, 6.45) is 4.53. The molecule has 1 saturated heterocycles. The Morgan fingerprint density at radius 2 is 1.85 bits per heavy atom. The molecule has 4 rings (SSSR count). The number of carbonyl (C=O) groups excluding carboxylic acids is 1. The molecule has 2 aromatic carbocycles. The molecular formula is C26H31ClN4O2. The van der Waals surface area contributed by atoms with Crippen LogP contribution in [0.3, 0.4) is 0 Å². The Balaban J connectivity index is 1.52. The van der Waals surface area contributed by atoms with E-state index in [4.69, 9.17) is 16.3 Å². The molecule has 0 radical (unpaired) electrons. The fourth-order valence-corrected chi connectivity index (χ4v) is 4.36. The van der Waals surface area contributed by atoms with Gasteiger partial charge in [-0.25, -0.2) is 0 Å². The standard InChI is InChI=1S/C26H31ClN4O2/c1-26(2,31-14-4-5-15-31)18-33-24-11-10-21(17-22(24)23-12-13-28-30(23)3)29-25(32)16-19-6-8-20(27)9-7-19/h6-13,17H,4-5,14-16,18H2,1-3H3,(H,29,32). The number of aryl methyl sites for hydroxylation is 1. The minimum atomic E-state index is -0.0860. The largest absolute Gasteiger partial charge is 0.491 e. The maximum atomic E-state index is 12.6. The number of likely N-dealkylation sites (tertiary alicyclic amines) is 1. The predicted molar refractivity (Wildman–Crippen MR) is 133 cm³/mol. The molecule has 0 unspecified atom stereocenters. The highest BCUT2D eigenvalue weighted by molar-refractivity contribution is 6.30. The van der Waals surface area contributed by atoms with Gasteiger partial charge in [-0.2, -0.15) is 5.10 Å². The molecule has 1 N–H and O–H groups in total. The zero-order valence-corrected chi connectivity index (χ0v) is 20.2. The van der Waals surface area contributed by atoms with Crippen LogP contribution in [0.2, 0.25) is 5.02 Å². The molecule has 0 spiro atoms. The third kappa shape index (κ3) is 5.75. The molecule has 0 bridgehead atoms. The van der Waals surface area contributed by atoms with Gasteiger partial charge in [0.05, 0.1) is 12.1 Å². The summed E-state index contributed by atoms with van der Waals surface area (Å²) in [6.45, 7) is 7.27. The van der Waals surface area contributed by atoms with Gasteiger partial charge in [-0.3, -0.25) is 14.4 Å². The molecule has 1 aromatic heterocycles. The Hall–Kier alpha value is -2.83. The molecule has 0 aliphatic carbocycles. The summed E-state index contributed by atoms with van der Waals surface area (Å²) in [5.74, 6) is 0.693. The first-order valence-corrected chi connectivity index (χ1v) is 11.7. The summed E-state index contributed by atoms with van der Waals surface area (Å²) in [5.41, 5.74) is 3.41. The molecule has 174 valence electrons. The minimum absolute atomic E-state index is 0.0499. The summed E-state index contributed by atoms with van der Waals surface area (Å²) in [4.78, 5) is 15.1. The number of benzene rings is 2. The number of amides is 1. The highest BCUT2D eigenvalue weighted by atomic mass is 35.5. The number of hydrogen-bond donors (Lipinski definition) is 1. The molecule has 33 heavy (non-hydrogen) atoms. The van der Waals surface area contributed by atoms with Crippen molar-refractivity contribution in [3.63, 3.8) is 0 Å². The van der Waals surface area contributed by atoms with Gasteiger partial charge < -0.3 is 10.1 Å². The molecule has 1 amide bonds. The van der Waals surface area contributed by atoms with Crippen LogP contribution in [-0.4, -0.2) is 45.8 Å². The lowest BCUT2D eigenvalue weighted by Crippen LogP contribution is -2.46. The molecule has 7 heteroatoms. The number of rotatable bonds is 8. The Bertz CT molecular complexity index is 1100. The number of carbonyl (C=O) groups is 1. The van der Waals surface area contributed by atoms with Gasteiger partial charge in [0.15, 0.2) is 0 Å². The quantitative estimate of drug-likeness (QED) is 0.497. The first kappa shape index (κ1) is 23.3. The van der Waals surface area contributed by atoms with Gasteiger partial charge in [-0.05, 0) is 81.7 Å². The van der Waals surface area contributed by atoms with Crippen molar-refractivity contribution in [1.29, 1.82) is 0 Å². The van der Waals surface area contributed by atoms with Crippen LogP contribution in [0.1, 0.15) is 32.3 Å². The van der Waals surface area contributed by atoms with Crippen LogP contribution in [0.25, 0.3) is 11.3 Å². The van der Waals surface area contributed by atoms with Crippen LogP contribution in [0.5, 0.6) is 5.75 Å². The lowest BCUT2D eigenvalue weighted by molar-refractivity contribution is -0.115. The van der Waals surface area contributed by atoms with E-state index in [0.717, 1.165) is 41.3 Å². The van der Waals surface area contributed by atoms with E-state index >= 15 is 0 Å². The average Bonchev–Trinajstić information content (AvgIpc) is 3.47. The van der Waals surface area contributed by atoms with Gasteiger partial charge in [0.2, 0.25) is 5.91 Å². The molecular weight excluding hydrogens is 436 g/mol. The van der Waals surface area contributed by atoms with Crippen molar-refractivity contribution >= 4 is 23.2 Å². The van der Waals surface area contributed by atoms with Gasteiger partial charge in [0.1, 0.15) is 12.4 Å². The Labute approximate surface area is 200 Å². The number of nitrogens with one attached hydrogen (secondary N) is 1. The second-order valence-electron chi connectivity index (χ2n) is 9.20. The molecule has 1 aliphatic heterocycles. The molecule has 0 saturated carbocycles. The lowest BCUT2D eigenvalue weighted by atomic mass is 10.0. The Morgan fingerprint density at radius 3 is 2.52 bits per heavy atom. The van der Waals surface area contributed by atoms with Gasteiger partial charge in [0.25, 0.3) is 0 Å². The van der Waals surface area contributed by atoms with Crippen molar-refractivity contribution in [3.8, 4) is 17.0 Å². The highest BCUT2D eigenvalue weighted by Gasteiger charge is 2.30. The third-order valence-electron chi connectivity index (χ3n) is 6.18. The number of aromatic nitrogens is 2. The van der Waals surface area contributed by atoms with Gasteiger partial charge in [-0.15, -0.1) is 0 Å². The molecule has 3 aromatic rings. The minimum Gasteiger partial charge on any atom is -0.491 e. The monoisotopic (exact) mass is 466 g/mol. The lowest BCUT2D eigenvalue weighted by Gasteiger charge is -2.35. The Kier molecular flexibility index (Phi) is 7.05. The SMILES string of the molecule is Cn1nccc1-c1cc(NC(=O)Cc2ccc(Cl)cc2)ccc1OCC(C)(C)N1CCCC1. The van der Waals surface area contributed by atoms with Crippen molar-refractivity contribution in [2.45, 2.75) is 38.6 Å². The van der Waals surface area contributed by atoms with Crippen LogP contribution in [0.15, 0.2) is 54.7 Å². The van der Waals surface area contributed by atoms with E-state index < -0.39 is 0 Å².